The second kappa shape index (κ2) is 6.97. The Morgan fingerprint density at radius 2 is 1.82 bits per heavy atom. The maximum atomic E-state index is 4.78. The first-order chi connectivity index (χ1) is 10.6. The Morgan fingerprint density at radius 1 is 1.05 bits per heavy atom. The Bertz CT molecular complexity index is 462. The Kier molecular flexibility index (Phi) is 4.99. The van der Waals surface area contributed by atoms with Crippen LogP contribution in [0.25, 0.3) is 0 Å². The number of rotatable bonds is 3. The van der Waals surface area contributed by atoms with Crippen molar-refractivity contribution in [2.75, 3.05) is 44.7 Å². The minimum absolute atomic E-state index is 0.558. The van der Waals surface area contributed by atoms with Crippen molar-refractivity contribution in [1.29, 1.82) is 0 Å². The lowest BCUT2D eigenvalue weighted by Crippen LogP contribution is -2.44. The average molecular weight is 302 g/mol. The van der Waals surface area contributed by atoms with Gasteiger partial charge >= 0.3 is 0 Å². The predicted octanol–water partition coefficient (Wildman–Crippen LogP) is 2.77. The van der Waals surface area contributed by atoms with Crippen molar-refractivity contribution in [3.05, 3.63) is 23.9 Å². The molecule has 0 amide bonds. The first-order valence-corrected chi connectivity index (χ1v) is 8.80. The van der Waals surface area contributed by atoms with Gasteiger partial charge < -0.3 is 9.80 Å². The highest BCUT2D eigenvalue weighted by Gasteiger charge is 2.26. The third kappa shape index (κ3) is 3.44. The quantitative estimate of drug-likeness (QED) is 0.856. The Labute approximate surface area is 135 Å². The molecule has 0 N–H and O–H groups in total. The Morgan fingerprint density at radius 3 is 2.45 bits per heavy atom. The van der Waals surface area contributed by atoms with Crippen molar-refractivity contribution in [1.82, 2.24) is 14.8 Å². The van der Waals surface area contributed by atoms with E-state index in [-0.39, 0.29) is 0 Å². The van der Waals surface area contributed by atoms with E-state index in [4.69, 9.17) is 4.98 Å². The molecule has 1 aromatic rings. The molecule has 0 radical (unpaired) electrons. The third-order valence-corrected chi connectivity index (χ3v) is 5.19. The zero-order chi connectivity index (χ0) is 15.5. The van der Waals surface area contributed by atoms with Gasteiger partial charge in [-0.15, -0.1) is 0 Å². The van der Waals surface area contributed by atoms with Crippen LogP contribution < -0.4 is 4.90 Å². The number of hydrogen-bond acceptors (Lipinski definition) is 4. The highest BCUT2D eigenvalue weighted by molar-refractivity contribution is 5.40. The van der Waals surface area contributed by atoms with Crippen LogP contribution in [-0.4, -0.2) is 60.6 Å². The molecule has 2 fully saturated rings. The van der Waals surface area contributed by atoms with Crippen molar-refractivity contribution >= 4 is 5.82 Å². The van der Waals surface area contributed by atoms with Crippen LogP contribution in [0.5, 0.6) is 0 Å². The molecule has 0 saturated carbocycles. The van der Waals surface area contributed by atoms with E-state index in [9.17, 15) is 0 Å². The Hall–Kier alpha value is -1.13. The second-order valence-electron chi connectivity index (χ2n) is 7.08. The number of nitrogens with zero attached hydrogens (tertiary/aromatic N) is 4. The van der Waals surface area contributed by atoms with Gasteiger partial charge in [0.2, 0.25) is 0 Å². The Balaban J connectivity index is 1.70. The summed E-state index contributed by atoms with van der Waals surface area (Å²) in [5, 5.41) is 0. The van der Waals surface area contributed by atoms with Gasteiger partial charge in [-0.3, -0.25) is 4.90 Å². The monoisotopic (exact) mass is 302 g/mol. The van der Waals surface area contributed by atoms with E-state index in [1.165, 1.54) is 31.4 Å². The van der Waals surface area contributed by atoms with Crippen LogP contribution in [0.3, 0.4) is 0 Å². The van der Waals surface area contributed by atoms with Crippen LogP contribution in [0.15, 0.2) is 18.3 Å². The molecule has 3 heterocycles. The molecule has 1 aromatic heterocycles. The van der Waals surface area contributed by atoms with Gasteiger partial charge in [-0.1, -0.05) is 12.5 Å². The first-order valence-electron chi connectivity index (χ1n) is 8.80. The van der Waals surface area contributed by atoms with Crippen molar-refractivity contribution in [3.63, 3.8) is 0 Å². The summed E-state index contributed by atoms with van der Waals surface area (Å²) in [7, 11) is 2.19. The molecular formula is C18H30N4. The number of pyridine rings is 1. The zero-order valence-electron chi connectivity index (χ0n) is 14.3. The molecule has 4 heteroatoms. The molecule has 122 valence electrons. The summed E-state index contributed by atoms with van der Waals surface area (Å²) >= 11 is 0. The summed E-state index contributed by atoms with van der Waals surface area (Å²) in [4.78, 5) is 12.2. The minimum atomic E-state index is 0.558. The fourth-order valence-electron chi connectivity index (χ4n) is 3.75. The standard InChI is InChI=1S/C18H30N4/c1-15(2)22-9-5-4-6-17(22)16-7-8-18(19-14-16)21-12-10-20(3)11-13-21/h7-8,14-15,17H,4-6,9-13H2,1-3H3. The molecule has 1 unspecified atom stereocenters. The lowest BCUT2D eigenvalue weighted by Gasteiger charge is -2.39. The van der Waals surface area contributed by atoms with Gasteiger partial charge in [0, 0.05) is 44.5 Å². The van der Waals surface area contributed by atoms with Crippen molar-refractivity contribution < 1.29 is 0 Å². The minimum Gasteiger partial charge on any atom is -0.354 e. The summed E-state index contributed by atoms with van der Waals surface area (Å²) in [6.07, 6.45) is 6.07. The topological polar surface area (TPSA) is 22.6 Å². The van der Waals surface area contributed by atoms with Gasteiger partial charge in [0.1, 0.15) is 5.82 Å². The lowest BCUT2D eigenvalue weighted by molar-refractivity contribution is 0.112. The smallest absolute Gasteiger partial charge is 0.128 e. The molecule has 22 heavy (non-hydrogen) atoms. The number of piperidine rings is 1. The van der Waals surface area contributed by atoms with E-state index >= 15 is 0 Å². The number of likely N-dealkylation sites (N-methyl/N-ethyl adjacent to an activating group) is 1. The van der Waals surface area contributed by atoms with Crippen molar-refractivity contribution in [2.45, 2.75) is 45.2 Å². The summed E-state index contributed by atoms with van der Waals surface area (Å²) in [5.74, 6) is 1.14. The highest BCUT2D eigenvalue weighted by Crippen LogP contribution is 2.32. The van der Waals surface area contributed by atoms with Crippen LogP contribution in [-0.2, 0) is 0 Å². The number of piperazine rings is 1. The van der Waals surface area contributed by atoms with Gasteiger partial charge in [-0.05, 0) is 51.9 Å². The summed E-state index contributed by atoms with van der Waals surface area (Å²) in [6, 6.07) is 5.71. The first kappa shape index (κ1) is 15.8. The van der Waals surface area contributed by atoms with E-state index in [1.807, 2.05) is 0 Å². The van der Waals surface area contributed by atoms with Crippen LogP contribution in [0, 0.1) is 0 Å². The van der Waals surface area contributed by atoms with E-state index in [0.29, 0.717) is 12.1 Å². The normalized spacial score (nSPS) is 24.9. The highest BCUT2D eigenvalue weighted by atomic mass is 15.3. The molecule has 3 rings (SSSR count). The molecule has 0 aromatic carbocycles. The SMILES string of the molecule is CC(C)N1CCCCC1c1ccc(N2CCN(C)CC2)nc1. The van der Waals surface area contributed by atoms with Crippen LogP contribution in [0.2, 0.25) is 0 Å². The maximum absolute atomic E-state index is 4.78. The van der Waals surface area contributed by atoms with Crippen LogP contribution in [0.1, 0.15) is 44.7 Å². The number of likely N-dealkylation sites (tertiary alicyclic amines) is 1. The number of hydrogen-bond donors (Lipinski definition) is 0. The molecule has 2 aliphatic rings. The molecule has 1 atom stereocenters. The van der Waals surface area contributed by atoms with Crippen molar-refractivity contribution in [3.8, 4) is 0 Å². The number of aromatic nitrogens is 1. The zero-order valence-corrected chi connectivity index (χ0v) is 14.3. The van der Waals surface area contributed by atoms with Gasteiger partial charge in [-0.2, -0.15) is 0 Å². The molecular weight excluding hydrogens is 272 g/mol. The molecule has 0 spiro atoms. The molecule has 4 nitrogen and oxygen atoms in total. The van der Waals surface area contributed by atoms with Gasteiger partial charge in [-0.25, -0.2) is 4.98 Å². The van der Waals surface area contributed by atoms with Crippen molar-refractivity contribution in [2.24, 2.45) is 0 Å². The maximum Gasteiger partial charge on any atom is 0.128 e. The van der Waals surface area contributed by atoms with Gasteiger partial charge in [0.25, 0.3) is 0 Å². The summed E-state index contributed by atoms with van der Waals surface area (Å²) in [5.41, 5.74) is 1.39. The average Bonchev–Trinajstić information content (AvgIpc) is 2.56. The fraction of sp³-hybridized carbons (Fsp3) is 0.722. The second-order valence-corrected chi connectivity index (χ2v) is 7.08. The van der Waals surface area contributed by atoms with E-state index in [1.54, 1.807) is 0 Å². The molecule has 0 aliphatic carbocycles. The van der Waals surface area contributed by atoms with E-state index in [0.717, 1.165) is 32.0 Å². The number of anilines is 1. The summed E-state index contributed by atoms with van der Waals surface area (Å²) in [6.45, 7) is 10.3. The van der Waals surface area contributed by atoms with Crippen LogP contribution >= 0.6 is 0 Å². The molecule has 0 bridgehead atoms. The van der Waals surface area contributed by atoms with Crippen LogP contribution in [0.4, 0.5) is 5.82 Å². The van der Waals surface area contributed by atoms with Gasteiger partial charge in [0.05, 0.1) is 0 Å². The predicted molar refractivity (Wildman–Crippen MR) is 92.4 cm³/mol. The third-order valence-electron chi connectivity index (χ3n) is 5.19. The molecule has 2 aliphatic heterocycles. The summed E-state index contributed by atoms with van der Waals surface area (Å²) < 4.78 is 0. The van der Waals surface area contributed by atoms with E-state index in [2.05, 4.69) is 53.9 Å². The van der Waals surface area contributed by atoms with E-state index < -0.39 is 0 Å². The van der Waals surface area contributed by atoms with Gasteiger partial charge in [0.15, 0.2) is 0 Å². The fourth-order valence-corrected chi connectivity index (χ4v) is 3.75. The largest absolute Gasteiger partial charge is 0.354 e. The lowest BCUT2D eigenvalue weighted by atomic mass is 9.95. The molecule has 2 saturated heterocycles.